The molecular formula is C14H16BrNO2S. The number of hydrogen-bond acceptors (Lipinski definition) is 4. The molecule has 0 amide bonds. The molecule has 0 unspecified atom stereocenters. The van der Waals surface area contributed by atoms with Crippen molar-refractivity contribution in [3.05, 3.63) is 45.1 Å². The number of halogens is 1. The molecule has 5 heteroatoms. The van der Waals surface area contributed by atoms with Gasteiger partial charge in [0.15, 0.2) is 0 Å². The number of benzene rings is 1. The maximum Gasteiger partial charge on any atom is 0.119 e. The molecule has 0 saturated carbocycles. The lowest BCUT2D eigenvalue weighted by atomic mass is 10.3. The zero-order chi connectivity index (χ0) is 13.5. The Bertz CT molecular complexity index is 498. The van der Waals surface area contributed by atoms with Gasteiger partial charge in [-0.25, -0.2) is 0 Å². The number of nitrogens with one attached hydrogen (secondary N) is 1. The lowest BCUT2D eigenvalue weighted by Crippen LogP contribution is -2.04. The maximum absolute atomic E-state index is 5.51. The Morgan fingerprint density at radius 1 is 1.21 bits per heavy atom. The molecule has 0 radical (unpaired) electrons. The van der Waals surface area contributed by atoms with Gasteiger partial charge in [-0.15, -0.1) is 11.3 Å². The van der Waals surface area contributed by atoms with Crippen LogP contribution in [0.4, 0.5) is 5.69 Å². The van der Waals surface area contributed by atoms with Crippen LogP contribution in [0.2, 0.25) is 0 Å². The highest BCUT2D eigenvalue weighted by Crippen LogP contribution is 2.22. The van der Waals surface area contributed by atoms with E-state index in [9.17, 15) is 0 Å². The molecule has 1 heterocycles. The van der Waals surface area contributed by atoms with Crippen LogP contribution in [-0.4, -0.2) is 20.3 Å². The highest BCUT2D eigenvalue weighted by Gasteiger charge is 1.98. The van der Waals surface area contributed by atoms with Gasteiger partial charge >= 0.3 is 0 Å². The van der Waals surface area contributed by atoms with Crippen LogP contribution in [-0.2, 0) is 11.3 Å². The fourth-order valence-corrected chi connectivity index (χ4v) is 2.76. The Morgan fingerprint density at radius 2 is 2.00 bits per heavy atom. The minimum Gasteiger partial charge on any atom is -0.491 e. The molecule has 0 saturated heterocycles. The second-order valence-electron chi connectivity index (χ2n) is 3.98. The molecule has 102 valence electrons. The van der Waals surface area contributed by atoms with Crippen LogP contribution in [0.1, 0.15) is 5.56 Å². The first kappa shape index (κ1) is 14.4. The standard InChI is InChI=1S/C14H16BrNO2S/c1-17-6-7-18-13-4-2-12(3-5-13)16-9-11-8-14(15)19-10-11/h2-5,8,10,16H,6-7,9H2,1H3. The van der Waals surface area contributed by atoms with Crippen LogP contribution in [0.25, 0.3) is 0 Å². The number of anilines is 1. The fraction of sp³-hybridized carbons (Fsp3) is 0.286. The molecule has 3 nitrogen and oxygen atoms in total. The van der Waals surface area contributed by atoms with Gasteiger partial charge < -0.3 is 14.8 Å². The minimum atomic E-state index is 0.576. The third-order valence-corrected chi connectivity index (χ3v) is 4.08. The average molecular weight is 342 g/mol. The molecule has 2 rings (SSSR count). The smallest absolute Gasteiger partial charge is 0.119 e. The normalized spacial score (nSPS) is 10.4. The van der Waals surface area contributed by atoms with E-state index in [0.29, 0.717) is 13.2 Å². The van der Waals surface area contributed by atoms with Crippen molar-refractivity contribution in [1.82, 2.24) is 0 Å². The first-order valence-corrected chi connectivity index (χ1v) is 7.64. The van der Waals surface area contributed by atoms with E-state index in [1.54, 1.807) is 18.4 Å². The van der Waals surface area contributed by atoms with Crippen molar-refractivity contribution in [3.8, 4) is 5.75 Å². The summed E-state index contributed by atoms with van der Waals surface area (Å²) in [5.74, 6) is 0.862. The van der Waals surface area contributed by atoms with Crippen molar-refractivity contribution in [2.75, 3.05) is 25.6 Å². The molecule has 0 aliphatic heterocycles. The number of hydrogen-bond donors (Lipinski definition) is 1. The number of ether oxygens (including phenoxy) is 2. The van der Waals surface area contributed by atoms with Crippen LogP contribution in [0.3, 0.4) is 0 Å². The van der Waals surface area contributed by atoms with E-state index < -0.39 is 0 Å². The van der Waals surface area contributed by atoms with E-state index in [-0.39, 0.29) is 0 Å². The molecule has 2 aromatic rings. The van der Waals surface area contributed by atoms with Gasteiger partial charge in [-0.2, -0.15) is 0 Å². The summed E-state index contributed by atoms with van der Waals surface area (Å²) in [5, 5.41) is 5.51. The summed E-state index contributed by atoms with van der Waals surface area (Å²) in [6.07, 6.45) is 0. The summed E-state index contributed by atoms with van der Waals surface area (Å²) in [6.45, 7) is 2.01. The van der Waals surface area contributed by atoms with Crippen molar-refractivity contribution < 1.29 is 9.47 Å². The fourth-order valence-electron chi connectivity index (χ4n) is 1.55. The molecule has 19 heavy (non-hydrogen) atoms. The molecule has 1 aromatic heterocycles. The highest BCUT2D eigenvalue weighted by atomic mass is 79.9. The SMILES string of the molecule is COCCOc1ccc(NCc2csc(Br)c2)cc1. The molecular weight excluding hydrogens is 326 g/mol. The molecule has 0 atom stereocenters. The summed E-state index contributed by atoms with van der Waals surface area (Å²) in [4.78, 5) is 0. The van der Waals surface area contributed by atoms with Crippen molar-refractivity contribution in [1.29, 1.82) is 0 Å². The summed E-state index contributed by atoms with van der Waals surface area (Å²) in [7, 11) is 1.67. The van der Waals surface area contributed by atoms with E-state index >= 15 is 0 Å². The van der Waals surface area contributed by atoms with Gasteiger partial charge in [0.25, 0.3) is 0 Å². The predicted molar refractivity (Wildman–Crippen MR) is 83.2 cm³/mol. The third kappa shape index (κ3) is 4.86. The number of thiophene rings is 1. The lowest BCUT2D eigenvalue weighted by molar-refractivity contribution is 0.146. The Labute approximate surface area is 125 Å². The molecule has 0 fully saturated rings. The highest BCUT2D eigenvalue weighted by molar-refractivity contribution is 9.11. The minimum absolute atomic E-state index is 0.576. The zero-order valence-corrected chi connectivity index (χ0v) is 13.1. The maximum atomic E-state index is 5.51. The molecule has 1 aromatic carbocycles. The van der Waals surface area contributed by atoms with E-state index in [1.807, 2.05) is 24.3 Å². The summed E-state index contributed by atoms with van der Waals surface area (Å²) in [5.41, 5.74) is 2.36. The Hall–Kier alpha value is -1.04. The topological polar surface area (TPSA) is 30.5 Å². The first-order valence-electron chi connectivity index (χ1n) is 5.96. The molecule has 0 spiro atoms. The molecule has 0 bridgehead atoms. The van der Waals surface area contributed by atoms with Gasteiger partial charge in [-0.3, -0.25) is 0 Å². The first-order chi connectivity index (χ1) is 9.28. The number of rotatable bonds is 7. The van der Waals surface area contributed by atoms with E-state index in [1.165, 1.54) is 5.56 Å². The van der Waals surface area contributed by atoms with Crippen molar-refractivity contribution in [2.45, 2.75) is 6.54 Å². The quantitative estimate of drug-likeness (QED) is 0.767. The van der Waals surface area contributed by atoms with E-state index in [2.05, 4.69) is 32.7 Å². The third-order valence-electron chi connectivity index (χ3n) is 2.53. The van der Waals surface area contributed by atoms with Crippen LogP contribution < -0.4 is 10.1 Å². The monoisotopic (exact) mass is 341 g/mol. The molecule has 0 aliphatic carbocycles. The lowest BCUT2D eigenvalue weighted by Gasteiger charge is -2.08. The van der Waals surface area contributed by atoms with Gasteiger partial charge in [0, 0.05) is 19.3 Å². The molecule has 0 aliphatic rings. The second kappa shape index (κ2) is 7.53. The Morgan fingerprint density at radius 3 is 2.63 bits per heavy atom. The van der Waals surface area contributed by atoms with Gasteiger partial charge in [0.2, 0.25) is 0 Å². The number of methoxy groups -OCH3 is 1. The Kier molecular flexibility index (Phi) is 5.69. The predicted octanol–water partition coefficient (Wildman–Crippen LogP) is 4.15. The van der Waals surface area contributed by atoms with Crippen LogP contribution in [0.15, 0.2) is 39.5 Å². The van der Waals surface area contributed by atoms with E-state index in [0.717, 1.165) is 21.8 Å². The largest absolute Gasteiger partial charge is 0.491 e. The van der Waals surface area contributed by atoms with Crippen LogP contribution >= 0.6 is 27.3 Å². The van der Waals surface area contributed by atoms with Crippen molar-refractivity contribution >= 4 is 33.0 Å². The van der Waals surface area contributed by atoms with Crippen molar-refractivity contribution in [2.24, 2.45) is 0 Å². The summed E-state index contributed by atoms with van der Waals surface area (Å²) >= 11 is 5.16. The van der Waals surface area contributed by atoms with Crippen molar-refractivity contribution in [3.63, 3.8) is 0 Å². The second-order valence-corrected chi connectivity index (χ2v) is 6.27. The van der Waals surface area contributed by atoms with E-state index in [4.69, 9.17) is 9.47 Å². The van der Waals surface area contributed by atoms with Gasteiger partial charge in [0.1, 0.15) is 12.4 Å². The van der Waals surface area contributed by atoms with Crippen LogP contribution in [0, 0.1) is 0 Å². The van der Waals surface area contributed by atoms with Crippen LogP contribution in [0.5, 0.6) is 5.75 Å². The average Bonchev–Trinajstić information content (AvgIpc) is 2.84. The Balaban J connectivity index is 1.81. The van der Waals surface area contributed by atoms with Gasteiger partial charge in [-0.05, 0) is 57.2 Å². The zero-order valence-electron chi connectivity index (χ0n) is 10.7. The molecule has 1 N–H and O–H groups in total. The summed E-state index contributed by atoms with van der Waals surface area (Å²) in [6, 6.07) is 10.1. The van der Waals surface area contributed by atoms with Gasteiger partial charge in [-0.1, -0.05) is 0 Å². The summed E-state index contributed by atoms with van der Waals surface area (Å²) < 4.78 is 11.6. The van der Waals surface area contributed by atoms with Gasteiger partial charge in [0.05, 0.1) is 10.4 Å².